The number of alkyl halides is 6. The van der Waals surface area contributed by atoms with Crippen molar-refractivity contribution in [2.75, 3.05) is 13.2 Å². The first kappa shape index (κ1) is 31.4. The molecule has 0 heterocycles. The van der Waals surface area contributed by atoms with Gasteiger partial charge < -0.3 is 20.5 Å². The summed E-state index contributed by atoms with van der Waals surface area (Å²) in [5.74, 6) is -1.25. The number of primary amides is 1. The Hall–Kier alpha value is -2.86. The van der Waals surface area contributed by atoms with Gasteiger partial charge in [0.05, 0.1) is 21.2 Å². The molecule has 1 fully saturated rings. The van der Waals surface area contributed by atoms with E-state index in [2.05, 4.69) is 5.32 Å². The molecule has 0 bridgehead atoms. The Bertz CT molecular complexity index is 1110. The van der Waals surface area contributed by atoms with Gasteiger partial charge in [-0.25, -0.2) is 0 Å². The predicted molar refractivity (Wildman–Crippen MR) is 128 cm³/mol. The molecule has 14 heteroatoms. The lowest BCUT2D eigenvalue weighted by atomic mass is 9.95. The van der Waals surface area contributed by atoms with E-state index in [-0.39, 0.29) is 30.1 Å². The van der Waals surface area contributed by atoms with Gasteiger partial charge in [0.15, 0.2) is 13.2 Å². The summed E-state index contributed by atoms with van der Waals surface area (Å²) in [6.45, 7) is -0.797. The van der Waals surface area contributed by atoms with Crippen LogP contribution in [0.5, 0.6) is 11.5 Å². The van der Waals surface area contributed by atoms with Crippen LogP contribution in [0.25, 0.3) is 0 Å². The van der Waals surface area contributed by atoms with Crippen LogP contribution in [0.3, 0.4) is 0 Å². The molecule has 38 heavy (non-hydrogen) atoms. The van der Waals surface area contributed by atoms with Crippen LogP contribution < -0.4 is 20.5 Å². The van der Waals surface area contributed by atoms with Gasteiger partial charge in [0, 0.05) is 6.04 Å². The fourth-order valence-electron chi connectivity index (χ4n) is 3.44. The molecule has 0 radical (unpaired) electrons. The zero-order chi connectivity index (χ0) is 28.5. The number of nitrogens with two attached hydrogens (primary N) is 1. The van der Waals surface area contributed by atoms with Crippen LogP contribution in [0.2, 0.25) is 10.0 Å². The lowest BCUT2D eigenvalue weighted by Crippen LogP contribution is -2.38. The Balaban J connectivity index is 0.000000281. The maximum atomic E-state index is 12.7. The van der Waals surface area contributed by atoms with Gasteiger partial charge in [0.25, 0.3) is 11.8 Å². The van der Waals surface area contributed by atoms with Crippen molar-refractivity contribution in [3.63, 3.8) is 0 Å². The van der Waals surface area contributed by atoms with Crippen LogP contribution in [0.15, 0.2) is 36.4 Å². The summed E-state index contributed by atoms with van der Waals surface area (Å²) in [5.41, 5.74) is 2.79. The SMILES string of the molecule is NC(=O)COc1ccc(Cl)c(C(F)(F)F)c1.O=C(COc1ccc(Cl)c(C(F)(F)F)c1)NC1CCCCC1. The van der Waals surface area contributed by atoms with Crippen LogP contribution >= 0.6 is 23.2 Å². The van der Waals surface area contributed by atoms with Gasteiger partial charge in [-0.05, 0) is 49.2 Å². The van der Waals surface area contributed by atoms with Gasteiger partial charge in [-0.3, -0.25) is 9.59 Å². The van der Waals surface area contributed by atoms with E-state index in [9.17, 15) is 35.9 Å². The van der Waals surface area contributed by atoms with Gasteiger partial charge in [-0.15, -0.1) is 0 Å². The molecule has 0 aromatic heterocycles. The van der Waals surface area contributed by atoms with Crippen LogP contribution in [-0.4, -0.2) is 31.1 Å². The molecular formula is C24H24Cl2F6N2O4. The second-order valence-electron chi connectivity index (χ2n) is 8.22. The highest BCUT2D eigenvalue weighted by Gasteiger charge is 2.34. The Labute approximate surface area is 224 Å². The highest BCUT2D eigenvalue weighted by Crippen LogP contribution is 2.37. The fraction of sp³-hybridized carbons (Fsp3) is 0.417. The first-order valence-electron chi connectivity index (χ1n) is 11.2. The molecule has 1 saturated carbocycles. The minimum absolute atomic E-state index is 0.0319. The van der Waals surface area contributed by atoms with Crippen molar-refractivity contribution in [2.45, 2.75) is 50.5 Å². The maximum absolute atomic E-state index is 12.7. The van der Waals surface area contributed by atoms with E-state index >= 15 is 0 Å². The van der Waals surface area contributed by atoms with Crippen molar-refractivity contribution in [3.8, 4) is 11.5 Å². The lowest BCUT2D eigenvalue weighted by Gasteiger charge is -2.22. The molecule has 1 aliphatic rings. The summed E-state index contributed by atoms with van der Waals surface area (Å²) in [6.07, 6.45) is -3.91. The summed E-state index contributed by atoms with van der Waals surface area (Å²) in [6, 6.07) is 6.34. The Morgan fingerprint density at radius 2 is 1.26 bits per heavy atom. The van der Waals surface area contributed by atoms with Crippen molar-refractivity contribution in [3.05, 3.63) is 57.6 Å². The third kappa shape index (κ3) is 10.5. The normalized spacial score (nSPS) is 14.2. The number of hydrogen-bond donors (Lipinski definition) is 2. The average molecular weight is 589 g/mol. The number of ether oxygens (including phenoxy) is 2. The average Bonchev–Trinajstić information content (AvgIpc) is 2.82. The second kappa shape index (κ2) is 13.8. The standard InChI is InChI=1S/C15H17ClF3NO2.C9H7ClF3NO2/c16-13-7-6-11(8-12(13)15(17,18)19)22-9-14(21)20-10-4-2-1-3-5-10;10-7-2-1-5(16-4-8(14)15)3-6(7)9(11,12)13/h6-8,10H,1-5,9H2,(H,20,21);1-3H,4H2,(H2,14,15). The van der Waals surface area contributed by atoms with Crippen molar-refractivity contribution < 1.29 is 45.4 Å². The molecule has 0 aliphatic heterocycles. The van der Waals surface area contributed by atoms with Crippen LogP contribution in [0, 0.1) is 0 Å². The van der Waals surface area contributed by atoms with Gasteiger partial charge in [-0.1, -0.05) is 42.5 Å². The van der Waals surface area contributed by atoms with E-state index in [1.54, 1.807) is 0 Å². The molecule has 3 rings (SSSR count). The second-order valence-corrected chi connectivity index (χ2v) is 9.04. The monoisotopic (exact) mass is 588 g/mol. The molecule has 1 aliphatic carbocycles. The number of nitrogens with one attached hydrogen (secondary N) is 1. The number of carbonyl (C=O) groups is 2. The predicted octanol–water partition coefficient (Wildman–Crippen LogP) is 6.41. The highest BCUT2D eigenvalue weighted by atomic mass is 35.5. The molecule has 0 saturated heterocycles. The Kier molecular flexibility index (Phi) is 11.4. The quantitative estimate of drug-likeness (QED) is 0.366. The molecule has 2 aromatic carbocycles. The smallest absolute Gasteiger partial charge is 0.417 e. The molecule has 3 N–H and O–H groups in total. The molecule has 0 atom stereocenters. The molecule has 0 spiro atoms. The summed E-state index contributed by atoms with van der Waals surface area (Å²) in [5, 5.41) is 2.00. The van der Waals surface area contributed by atoms with Crippen molar-refractivity contribution in [1.82, 2.24) is 5.32 Å². The van der Waals surface area contributed by atoms with Gasteiger partial charge in [0.1, 0.15) is 11.5 Å². The maximum Gasteiger partial charge on any atom is 0.417 e. The first-order chi connectivity index (χ1) is 17.7. The lowest BCUT2D eigenvalue weighted by molar-refractivity contribution is -0.138. The summed E-state index contributed by atoms with van der Waals surface area (Å²) >= 11 is 10.9. The number of rotatable bonds is 7. The number of carbonyl (C=O) groups excluding carboxylic acids is 2. The number of hydrogen-bond acceptors (Lipinski definition) is 4. The first-order valence-corrected chi connectivity index (χ1v) is 12.0. The highest BCUT2D eigenvalue weighted by molar-refractivity contribution is 6.31. The van der Waals surface area contributed by atoms with Gasteiger partial charge in [0.2, 0.25) is 0 Å². The van der Waals surface area contributed by atoms with Gasteiger partial charge in [-0.2, -0.15) is 26.3 Å². The summed E-state index contributed by atoms with van der Waals surface area (Å²) in [7, 11) is 0. The van der Waals surface area contributed by atoms with Gasteiger partial charge >= 0.3 is 12.4 Å². The van der Waals surface area contributed by atoms with Crippen molar-refractivity contribution in [1.29, 1.82) is 0 Å². The molecule has 6 nitrogen and oxygen atoms in total. The summed E-state index contributed by atoms with van der Waals surface area (Å²) < 4.78 is 85.2. The minimum atomic E-state index is -4.57. The van der Waals surface area contributed by atoms with E-state index in [4.69, 9.17) is 38.4 Å². The topological polar surface area (TPSA) is 90.7 Å². The zero-order valence-electron chi connectivity index (χ0n) is 19.7. The molecule has 2 aromatic rings. The Morgan fingerprint density at radius 3 is 1.68 bits per heavy atom. The zero-order valence-corrected chi connectivity index (χ0v) is 21.2. The van der Waals surface area contributed by atoms with E-state index < -0.39 is 46.0 Å². The number of amides is 2. The Morgan fingerprint density at radius 1 is 0.816 bits per heavy atom. The minimum Gasteiger partial charge on any atom is -0.484 e. The third-order valence-corrected chi connectivity index (χ3v) is 5.87. The molecule has 2 amide bonds. The van der Waals surface area contributed by atoms with Crippen LogP contribution in [0.4, 0.5) is 26.3 Å². The largest absolute Gasteiger partial charge is 0.484 e. The third-order valence-electron chi connectivity index (χ3n) is 5.21. The van der Waals surface area contributed by atoms with Crippen LogP contribution in [-0.2, 0) is 21.9 Å². The molecule has 210 valence electrons. The van der Waals surface area contributed by atoms with E-state index in [1.807, 2.05) is 0 Å². The van der Waals surface area contributed by atoms with Crippen LogP contribution in [0.1, 0.15) is 43.2 Å². The van der Waals surface area contributed by atoms with E-state index in [1.165, 1.54) is 18.6 Å². The van der Waals surface area contributed by atoms with E-state index in [0.717, 1.165) is 43.9 Å². The van der Waals surface area contributed by atoms with Crippen molar-refractivity contribution >= 4 is 35.0 Å². The fourth-order valence-corrected chi connectivity index (χ4v) is 3.89. The number of benzene rings is 2. The summed E-state index contributed by atoms with van der Waals surface area (Å²) in [4.78, 5) is 22.1. The molecular weight excluding hydrogens is 565 g/mol. The number of halogens is 8. The van der Waals surface area contributed by atoms with Crippen molar-refractivity contribution in [2.24, 2.45) is 5.73 Å². The van der Waals surface area contributed by atoms with E-state index in [0.29, 0.717) is 6.07 Å². The molecule has 0 unspecified atom stereocenters.